The first kappa shape index (κ1) is 11.0. The summed E-state index contributed by atoms with van der Waals surface area (Å²) < 4.78 is 10.1. The SMILES string of the molecule is COC(=O)CNC1CCOc2ccccc21. The average molecular weight is 221 g/mol. The van der Waals surface area contributed by atoms with E-state index < -0.39 is 0 Å². The van der Waals surface area contributed by atoms with Crippen molar-refractivity contribution in [2.24, 2.45) is 0 Å². The molecular formula is C12H15NO3. The van der Waals surface area contributed by atoms with Gasteiger partial charge in [-0.1, -0.05) is 18.2 Å². The number of methoxy groups -OCH3 is 1. The van der Waals surface area contributed by atoms with Gasteiger partial charge in [-0.05, 0) is 6.07 Å². The van der Waals surface area contributed by atoms with Crippen LogP contribution in [0.3, 0.4) is 0 Å². The molecule has 0 radical (unpaired) electrons. The highest BCUT2D eigenvalue weighted by Crippen LogP contribution is 2.31. The van der Waals surface area contributed by atoms with Crippen molar-refractivity contribution in [3.63, 3.8) is 0 Å². The molecule has 0 fully saturated rings. The first-order valence-electron chi connectivity index (χ1n) is 5.33. The van der Waals surface area contributed by atoms with Crippen LogP contribution in [-0.2, 0) is 9.53 Å². The van der Waals surface area contributed by atoms with Crippen molar-refractivity contribution in [1.82, 2.24) is 5.32 Å². The lowest BCUT2D eigenvalue weighted by molar-refractivity contribution is -0.139. The van der Waals surface area contributed by atoms with Crippen molar-refractivity contribution in [2.75, 3.05) is 20.3 Å². The van der Waals surface area contributed by atoms with Crippen LogP contribution in [0.25, 0.3) is 0 Å². The van der Waals surface area contributed by atoms with Gasteiger partial charge in [-0.2, -0.15) is 0 Å². The summed E-state index contributed by atoms with van der Waals surface area (Å²) in [6.07, 6.45) is 0.869. The molecule has 1 N–H and O–H groups in total. The monoisotopic (exact) mass is 221 g/mol. The van der Waals surface area contributed by atoms with Gasteiger partial charge in [0.15, 0.2) is 0 Å². The molecule has 1 aliphatic rings. The fourth-order valence-corrected chi connectivity index (χ4v) is 1.83. The van der Waals surface area contributed by atoms with E-state index in [9.17, 15) is 4.79 Å². The van der Waals surface area contributed by atoms with Gasteiger partial charge in [0.1, 0.15) is 5.75 Å². The number of fused-ring (bicyclic) bond motifs is 1. The van der Waals surface area contributed by atoms with Gasteiger partial charge in [0.05, 0.1) is 20.3 Å². The fourth-order valence-electron chi connectivity index (χ4n) is 1.83. The molecule has 1 aliphatic heterocycles. The molecule has 4 nitrogen and oxygen atoms in total. The Morgan fingerprint density at radius 2 is 2.38 bits per heavy atom. The van der Waals surface area contributed by atoms with E-state index in [1.807, 2.05) is 24.3 Å². The van der Waals surface area contributed by atoms with E-state index in [2.05, 4.69) is 10.1 Å². The first-order chi connectivity index (χ1) is 7.81. The summed E-state index contributed by atoms with van der Waals surface area (Å²) in [6.45, 7) is 0.908. The molecule has 0 amide bonds. The molecule has 0 saturated carbocycles. The van der Waals surface area contributed by atoms with Gasteiger partial charge in [-0.25, -0.2) is 0 Å². The van der Waals surface area contributed by atoms with E-state index in [0.29, 0.717) is 6.61 Å². The highest BCUT2D eigenvalue weighted by molar-refractivity contribution is 5.71. The lowest BCUT2D eigenvalue weighted by atomic mass is 10.0. The number of ether oxygens (including phenoxy) is 2. The van der Waals surface area contributed by atoms with Gasteiger partial charge >= 0.3 is 5.97 Å². The van der Waals surface area contributed by atoms with Crippen LogP contribution in [-0.4, -0.2) is 26.2 Å². The van der Waals surface area contributed by atoms with Crippen molar-refractivity contribution in [3.8, 4) is 5.75 Å². The second-order valence-corrected chi connectivity index (χ2v) is 3.68. The molecule has 86 valence electrons. The number of para-hydroxylation sites is 1. The van der Waals surface area contributed by atoms with E-state index >= 15 is 0 Å². The highest BCUT2D eigenvalue weighted by atomic mass is 16.5. The standard InChI is InChI=1S/C12H15NO3/c1-15-12(14)8-13-10-6-7-16-11-5-3-2-4-9(10)11/h2-5,10,13H,6-8H2,1H3. The van der Waals surface area contributed by atoms with E-state index in [4.69, 9.17) is 4.74 Å². The quantitative estimate of drug-likeness (QED) is 0.781. The van der Waals surface area contributed by atoms with Crippen LogP contribution < -0.4 is 10.1 Å². The van der Waals surface area contributed by atoms with Gasteiger partial charge in [0.2, 0.25) is 0 Å². The zero-order valence-electron chi connectivity index (χ0n) is 9.23. The molecule has 0 spiro atoms. The highest BCUT2D eigenvalue weighted by Gasteiger charge is 2.20. The Morgan fingerprint density at radius 3 is 3.19 bits per heavy atom. The Labute approximate surface area is 94.6 Å². The smallest absolute Gasteiger partial charge is 0.319 e. The van der Waals surface area contributed by atoms with Gasteiger partial charge in [-0.3, -0.25) is 10.1 Å². The molecule has 0 aromatic heterocycles. The molecule has 0 aliphatic carbocycles. The van der Waals surface area contributed by atoms with E-state index in [1.165, 1.54) is 7.11 Å². The van der Waals surface area contributed by atoms with Crippen molar-refractivity contribution in [1.29, 1.82) is 0 Å². The molecular weight excluding hydrogens is 206 g/mol. The van der Waals surface area contributed by atoms with Gasteiger partial charge in [0, 0.05) is 18.0 Å². The zero-order chi connectivity index (χ0) is 11.4. The predicted molar refractivity (Wildman–Crippen MR) is 59.3 cm³/mol. The van der Waals surface area contributed by atoms with Crippen LogP contribution in [0.1, 0.15) is 18.0 Å². The number of rotatable bonds is 3. The lowest BCUT2D eigenvalue weighted by Gasteiger charge is -2.26. The Balaban J connectivity index is 2.04. The molecule has 4 heteroatoms. The third-order valence-corrected chi connectivity index (χ3v) is 2.68. The summed E-state index contributed by atoms with van der Waals surface area (Å²) in [5, 5.41) is 3.17. The van der Waals surface area contributed by atoms with Crippen molar-refractivity contribution >= 4 is 5.97 Å². The molecule has 2 rings (SSSR count). The minimum absolute atomic E-state index is 0.170. The van der Waals surface area contributed by atoms with E-state index in [1.54, 1.807) is 0 Å². The molecule has 1 aromatic rings. The van der Waals surface area contributed by atoms with Crippen LogP contribution in [0.4, 0.5) is 0 Å². The van der Waals surface area contributed by atoms with Gasteiger partial charge < -0.3 is 9.47 Å². The largest absolute Gasteiger partial charge is 0.493 e. The Kier molecular flexibility index (Phi) is 3.41. The Morgan fingerprint density at radius 1 is 1.56 bits per heavy atom. The molecule has 1 aromatic carbocycles. The second kappa shape index (κ2) is 4.99. The summed E-state index contributed by atoms with van der Waals surface area (Å²) in [7, 11) is 1.39. The summed E-state index contributed by atoms with van der Waals surface area (Å²) in [5.74, 6) is 0.653. The molecule has 1 atom stereocenters. The Bertz CT molecular complexity index is 378. The molecule has 1 heterocycles. The molecule has 16 heavy (non-hydrogen) atoms. The number of hydrogen-bond acceptors (Lipinski definition) is 4. The third-order valence-electron chi connectivity index (χ3n) is 2.68. The van der Waals surface area contributed by atoms with Crippen LogP contribution in [0.2, 0.25) is 0 Å². The maximum absolute atomic E-state index is 11.1. The zero-order valence-corrected chi connectivity index (χ0v) is 9.23. The third kappa shape index (κ3) is 2.33. The van der Waals surface area contributed by atoms with Crippen LogP contribution >= 0.6 is 0 Å². The summed E-state index contributed by atoms with van der Waals surface area (Å²) in [5.41, 5.74) is 1.11. The summed E-state index contributed by atoms with van der Waals surface area (Å²) >= 11 is 0. The Hall–Kier alpha value is -1.55. The van der Waals surface area contributed by atoms with Crippen LogP contribution in [0.5, 0.6) is 5.75 Å². The fraction of sp³-hybridized carbons (Fsp3) is 0.417. The number of benzene rings is 1. The normalized spacial score (nSPS) is 18.4. The topological polar surface area (TPSA) is 47.6 Å². The van der Waals surface area contributed by atoms with Crippen LogP contribution in [0, 0.1) is 0 Å². The maximum atomic E-state index is 11.1. The van der Waals surface area contributed by atoms with Crippen molar-refractivity contribution in [2.45, 2.75) is 12.5 Å². The number of hydrogen-bond donors (Lipinski definition) is 1. The van der Waals surface area contributed by atoms with E-state index in [0.717, 1.165) is 17.7 Å². The number of carbonyl (C=O) groups is 1. The van der Waals surface area contributed by atoms with Gasteiger partial charge in [0.25, 0.3) is 0 Å². The van der Waals surface area contributed by atoms with Crippen molar-refractivity contribution < 1.29 is 14.3 Å². The van der Waals surface area contributed by atoms with Crippen LogP contribution in [0.15, 0.2) is 24.3 Å². The second-order valence-electron chi connectivity index (χ2n) is 3.68. The average Bonchev–Trinajstić information content (AvgIpc) is 2.35. The molecule has 0 bridgehead atoms. The summed E-state index contributed by atoms with van der Waals surface area (Å²) in [6, 6.07) is 8.05. The first-order valence-corrected chi connectivity index (χ1v) is 5.33. The minimum atomic E-state index is -0.246. The summed E-state index contributed by atoms with van der Waals surface area (Å²) in [4.78, 5) is 11.1. The molecule has 0 saturated heterocycles. The minimum Gasteiger partial charge on any atom is -0.493 e. The predicted octanol–water partition coefficient (Wildman–Crippen LogP) is 1.27. The number of nitrogens with one attached hydrogen (secondary N) is 1. The maximum Gasteiger partial charge on any atom is 0.319 e. The number of esters is 1. The van der Waals surface area contributed by atoms with Gasteiger partial charge in [-0.15, -0.1) is 0 Å². The van der Waals surface area contributed by atoms with E-state index in [-0.39, 0.29) is 18.6 Å². The lowest BCUT2D eigenvalue weighted by Crippen LogP contribution is -2.31. The molecule has 1 unspecified atom stereocenters. The number of carbonyl (C=O) groups excluding carboxylic acids is 1. The van der Waals surface area contributed by atoms with Crippen molar-refractivity contribution in [3.05, 3.63) is 29.8 Å².